The molecule has 0 spiro atoms. The summed E-state index contributed by atoms with van der Waals surface area (Å²) >= 11 is 0. The summed E-state index contributed by atoms with van der Waals surface area (Å²) in [5, 5.41) is 0. The van der Waals surface area contributed by atoms with E-state index >= 15 is 0 Å². The maximum atomic E-state index is 12.8. The second-order valence-corrected chi connectivity index (χ2v) is 6.84. The molecule has 1 amide bonds. The van der Waals surface area contributed by atoms with Crippen LogP contribution in [0.5, 0.6) is 5.75 Å². The molecule has 1 saturated heterocycles. The van der Waals surface area contributed by atoms with E-state index in [4.69, 9.17) is 10.5 Å². The van der Waals surface area contributed by atoms with Gasteiger partial charge in [0.05, 0.1) is 19.2 Å². The third kappa shape index (κ3) is 2.97. The smallest absolute Gasteiger partial charge is 0.240 e. The quantitative estimate of drug-likeness (QED) is 0.932. The highest BCUT2D eigenvalue weighted by atomic mass is 16.5. The number of methoxy groups -OCH3 is 1. The summed E-state index contributed by atoms with van der Waals surface area (Å²) in [5.41, 5.74) is 8.69. The largest absolute Gasteiger partial charge is 0.496 e. The van der Waals surface area contributed by atoms with Crippen molar-refractivity contribution in [2.45, 2.75) is 57.5 Å². The highest BCUT2D eigenvalue weighted by Gasteiger charge is 2.39. The fraction of sp³-hybridized carbons (Fsp3) is 0.632. The van der Waals surface area contributed by atoms with Crippen LogP contribution in [0.15, 0.2) is 18.2 Å². The van der Waals surface area contributed by atoms with Crippen LogP contribution in [-0.4, -0.2) is 30.5 Å². The van der Waals surface area contributed by atoms with E-state index in [1.165, 1.54) is 11.1 Å². The third-order valence-electron chi connectivity index (χ3n) is 5.44. The zero-order valence-electron chi connectivity index (χ0n) is 14.3. The Kier molecular flexibility index (Phi) is 4.90. The molecule has 23 heavy (non-hydrogen) atoms. The van der Waals surface area contributed by atoms with Crippen LogP contribution in [0.4, 0.5) is 0 Å². The van der Waals surface area contributed by atoms with Gasteiger partial charge in [-0.15, -0.1) is 0 Å². The maximum absolute atomic E-state index is 12.8. The predicted octanol–water partition coefficient (Wildman–Crippen LogP) is 3.05. The number of fused-ring (bicyclic) bond motifs is 3. The highest BCUT2D eigenvalue weighted by Crippen LogP contribution is 2.43. The van der Waals surface area contributed by atoms with Gasteiger partial charge in [0.1, 0.15) is 5.75 Å². The molecule has 0 aliphatic carbocycles. The van der Waals surface area contributed by atoms with E-state index in [0.717, 1.165) is 50.8 Å². The average Bonchev–Trinajstić information content (AvgIpc) is 2.57. The van der Waals surface area contributed by atoms with Crippen LogP contribution in [-0.2, 0) is 11.2 Å². The molecule has 0 saturated carbocycles. The minimum absolute atomic E-state index is 0.129. The first-order valence-electron chi connectivity index (χ1n) is 8.89. The first-order chi connectivity index (χ1) is 11.2. The van der Waals surface area contributed by atoms with Crippen molar-refractivity contribution >= 4 is 5.91 Å². The second kappa shape index (κ2) is 6.91. The molecule has 0 bridgehead atoms. The number of hydrogen-bond acceptors (Lipinski definition) is 3. The van der Waals surface area contributed by atoms with Crippen LogP contribution in [0.3, 0.4) is 0 Å². The van der Waals surface area contributed by atoms with Crippen molar-refractivity contribution < 1.29 is 9.53 Å². The Morgan fingerprint density at radius 2 is 2.17 bits per heavy atom. The van der Waals surface area contributed by atoms with E-state index in [0.29, 0.717) is 5.92 Å². The zero-order chi connectivity index (χ0) is 16.4. The number of carbonyl (C=O) groups is 1. The summed E-state index contributed by atoms with van der Waals surface area (Å²) in [7, 11) is 1.73. The number of benzene rings is 1. The van der Waals surface area contributed by atoms with Crippen LogP contribution >= 0.6 is 0 Å². The highest BCUT2D eigenvalue weighted by molar-refractivity contribution is 5.82. The molecule has 2 heterocycles. The molecule has 0 radical (unpaired) electrons. The topological polar surface area (TPSA) is 55.6 Å². The number of amides is 1. The summed E-state index contributed by atoms with van der Waals surface area (Å²) in [5.74, 6) is 1.60. The van der Waals surface area contributed by atoms with E-state index in [2.05, 4.69) is 17.9 Å². The van der Waals surface area contributed by atoms with Gasteiger partial charge in [-0.05, 0) is 43.2 Å². The van der Waals surface area contributed by atoms with Crippen molar-refractivity contribution in [3.8, 4) is 5.75 Å². The first-order valence-corrected chi connectivity index (χ1v) is 8.89. The second-order valence-electron chi connectivity index (χ2n) is 6.84. The Morgan fingerprint density at radius 1 is 1.35 bits per heavy atom. The molecular formula is C19H28N2O2. The molecule has 2 N–H and O–H groups in total. The molecule has 2 aliphatic rings. The van der Waals surface area contributed by atoms with Crippen molar-refractivity contribution in [2.75, 3.05) is 13.7 Å². The summed E-state index contributed by atoms with van der Waals surface area (Å²) in [6.45, 7) is 2.98. The van der Waals surface area contributed by atoms with E-state index in [9.17, 15) is 4.79 Å². The average molecular weight is 316 g/mol. The SMILES string of the molecule is CCCC1CCCC(N)C(=O)N2CCc3c(OC)cccc3C12. The van der Waals surface area contributed by atoms with E-state index < -0.39 is 0 Å². The fourth-order valence-electron chi connectivity index (χ4n) is 4.38. The minimum Gasteiger partial charge on any atom is -0.496 e. The Labute approximate surface area is 139 Å². The van der Waals surface area contributed by atoms with Crippen LogP contribution < -0.4 is 10.5 Å². The lowest BCUT2D eigenvalue weighted by atomic mass is 9.78. The molecular weight excluding hydrogens is 288 g/mol. The van der Waals surface area contributed by atoms with Gasteiger partial charge in [-0.1, -0.05) is 31.9 Å². The summed E-state index contributed by atoms with van der Waals surface area (Å²) in [6, 6.07) is 6.07. The molecule has 126 valence electrons. The van der Waals surface area contributed by atoms with Crippen LogP contribution in [0.1, 0.15) is 56.2 Å². The van der Waals surface area contributed by atoms with Crippen LogP contribution in [0, 0.1) is 5.92 Å². The Bertz CT molecular complexity index is 572. The third-order valence-corrected chi connectivity index (χ3v) is 5.44. The molecule has 4 nitrogen and oxygen atoms in total. The van der Waals surface area contributed by atoms with Gasteiger partial charge in [-0.2, -0.15) is 0 Å². The zero-order valence-corrected chi connectivity index (χ0v) is 14.3. The van der Waals surface area contributed by atoms with Crippen molar-refractivity contribution in [3.05, 3.63) is 29.3 Å². The molecule has 1 fully saturated rings. The molecule has 0 aromatic heterocycles. The van der Waals surface area contributed by atoms with E-state index in [1.54, 1.807) is 7.11 Å². The molecule has 3 atom stereocenters. The van der Waals surface area contributed by atoms with Crippen molar-refractivity contribution in [3.63, 3.8) is 0 Å². The number of nitrogens with zero attached hydrogens (tertiary/aromatic N) is 1. The van der Waals surface area contributed by atoms with Crippen LogP contribution in [0.25, 0.3) is 0 Å². The van der Waals surface area contributed by atoms with Gasteiger partial charge < -0.3 is 15.4 Å². The summed E-state index contributed by atoms with van der Waals surface area (Å²) < 4.78 is 5.56. The number of nitrogens with two attached hydrogens (primary N) is 1. The van der Waals surface area contributed by atoms with Gasteiger partial charge >= 0.3 is 0 Å². The lowest BCUT2D eigenvalue weighted by Gasteiger charge is -2.44. The van der Waals surface area contributed by atoms with Gasteiger partial charge in [0.15, 0.2) is 0 Å². The van der Waals surface area contributed by atoms with Crippen molar-refractivity contribution in [1.82, 2.24) is 4.90 Å². The molecule has 3 rings (SSSR count). The Hall–Kier alpha value is -1.55. The maximum Gasteiger partial charge on any atom is 0.240 e. The fourth-order valence-corrected chi connectivity index (χ4v) is 4.38. The lowest BCUT2D eigenvalue weighted by molar-refractivity contribution is -0.138. The number of hydrogen-bond donors (Lipinski definition) is 1. The van der Waals surface area contributed by atoms with Gasteiger partial charge in [0.2, 0.25) is 5.91 Å². The summed E-state index contributed by atoms with van der Waals surface area (Å²) in [6.07, 6.45) is 6.16. The predicted molar refractivity (Wildman–Crippen MR) is 91.4 cm³/mol. The minimum atomic E-state index is -0.341. The van der Waals surface area contributed by atoms with Crippen LogP contribution in [0.2, 0.25) is 0 Å². The van der Waals surface area contributed by atoms with Crippen molar-refractivity contribution in [2.24, 2.45) is 11.7 Å². The number of rotatable bonds is 3. The monoisotopic (exact) mass is 316 g/mol. The molecule has 1 aromatic rings. The lowest BCUT2D eigenvalue weighted by Crippen LogP contribution is -2.51. The first kappa shape index (κ1) is 16.3. The van der Waals surface area contributed by atoms with Gasteiger partial charge in [0.25, 0.3) is 0 Å². The number of ether oxygens (including phenoxy) is 1. The Morgan fingerprint density at radius 3 is 2.91 bits per heavy atom. The molecule has 2 aliphatic heterocycles. The van der Waals surface area contributed by atoms with Gasteiger partial charge in [-0.3, -0.25) is 4.79 Å². The standard InChI is InChI=1S/C19H28N2O2/c1-3-6-13-7-4-9-16(20)19(22)21-12-11-14-15(18(13)21)8-5-10-17(14)23-2/h5,8,10,13,16,18H,3-4,6-7,9,11-12,20H2,1-2H3. The number of carbonyl (C=O) groups excluding carboxylic acids is 1. The van der Waals surface area contributed by atoms with E-state index in [1.807, 2.05) is 12.1 Å². The molecule has 1 aromatic carbocycles. The van der Waals surface area contributed by atoms with Crippen molar-refractivity contribution in [1.29, 1.82) is 0 Å². The van der Waals surface area contributed by atoms with E-state index in [-0.39, 0.29) is 18.0 Å². The van der Waals surface area contributed by atoms with Gasteiger partial charge in [-0.25, -0.2) is 0 Å². The normalized spacial score (nSPS) is 27.7. The molecule has 3 unspecified atom stereocenters. The summed E-state index contributed by atoms with van der Waals surface area (Å²) in [4.78, 5) is 14.9. The van der Waals surface area contributed by atoms with Gasteiger partial charge in [0, 0.05) is 12.1 Å². The molecule has 4 heteroatoms. The Balaban J connectivity index is 2.05.